The molecule has 2 aliphatic carbocycles. The summed E-state index contributed by atoms with van der Waals surface area (Å²) in [6.45, 7) is -0.558. The van der Waals surface area contributed by atoms with Gasteiger partial charge in [-0.3, -0.25) is 14.4 Å². The molecule has 2 bridgehead atoms. The van der Waals surface area contributed by atoms with Crippen LogP contribution >= 0.6 is 0 Å². The van der Waals surface area contributed by atoms with E-state index in [1.165, 1.54) is 43.5 Å². The Bertz CT molecular complexity index is 1580. The van der Waals surface area contributed by atoms with Gasteiger partial charge in [-0.05, 0) is 72.9 Å². The number of benzene rings is 3. The molecule has 1 heterocycles. The first kappa shape index (κ1) is 26.2. The Balaban J connectivity index is 1.09. The van der Waals surface area contributed by atoms with Crippen molar-refractivity contribution in [2.24, 2.45) is 23.7 Å². The molecule has 1 saturated heterocycles. The predicted molar refractivity (Wildman–Crippen MR) is 146 cm³/mol. The SMILES string of the molecule is COc1cccc(C(=O)Oc2ccc(C(=O)COC(=O)c3ccccc3N3C(=O)C4C5C=CC(C5)C4C3=O)cc2)c1. The lowest BCUT2D eigenvalue weighted by Gasteiger charge is -2.19. The maximum Gasteiger partial charge on any atom is 0.343 e. The molecule has 0 N–H and O–H groups in total. The molecule has 3 aromatic rings. The number of methoxy groups -OCH3 is 1. The first-order valence-corrected chi connectivity index (χ1v) is 13.2. The second-order valence-corrected chi connectivity index (χ2v) is 10.2. The quantitative estimate of drug-likeness (QED) is 0.134. The molecule has 0 radical (unpaired) electrons. The van der Waals surface area contributed by atoms with Gasteiger partial charge in [0.15, 0.2) is 12.4 Å². The van der Waals surface area contributed by atoms with E-state index in [0.717, 1.165) is 11.3 Å². The molecule has 9 heteroatoms. The number of rotatable bonds is 8. The molecule has 1 saturated carbocycles. The van der Waals surface area contributed by atoms with Crippen molar-refractivity contribution in [3.05, 3.63) is 102 Å². The molecule has 3 aliphatic rings. The second-order valence-electron chi connectivity index (χ2n) is 10.2. The van der Waals surface area contributed by atoms with Crippen LogP contribution in [0.2, 0.25) is 0 Å². The number of hydrogen-bond donors (Lipinski definition) is 0. The summed E-state index contributed by atoms with van der Waals surface area (Å²) in [5, 5.41) is 0. The second kappa shape index (κ2) is 10.5. The van der Waals surface area contributed by atoms with Crippen molar-refractivity contribution >= 4 is 35.2 Å². The van der Waals surface area contributed by atoms with E-state index in [-0.39, 0.29) is 46.2 Å². The van der Waals surface area contributed by atoms with Crippen LogP contribution < -0.4 is 14.4 Å². The van der Waals surface area contributed by atoms with Crippen LogP contribution in [0.1, 0.15) is 37.5 Å². The lowest BCUT2D eigenvalue weighted by Crippen LogP contribution is -2.34. The Labute approximate surface area is 235 Å². The van der Waals surface area contributed by atoms with Crippen LogP contribution in [-0.4, -0.2) is 43.3 Å². The molecule has 2 fully saturated rings. The summed E-state index contributed by atoms with van der Waals surface area (Å²) in [4.78, 5) is 65.8. The minimum Gasteiger partial charge on any atom is -0.497 e. The average Bonchev–Trinajstić information content (AvgIpc) is 3.69. The fraction of sp³-hybridized carbons (Fsp3) is 0.219. The minimum atomic E-state index is -0.823. The summed E-state index contributed by atoms with van der Waals surface area (Å²) in [5.74, 6) is -2.47. The smallest absolute Gasteiger partial charge is 0.343 e. The van der Waals surface area contributed by atoms with Crippen molar-refractivity contribution in [1.29, 1.82) is 0 Å². The number of carbonyl (C=O) groups excluding carboxylic acids is 5. The lowest BCUT2D eigenvalue weighted by molar-refractivity contribution is -0.123. The molecule has 2 amide bonds. The molecule has 0 spiro atoms. The fourth-order valence-electron chi connectivity index (χ4n) is 5.90. The van der Waals surface area contributed by atoms with Gasteiger partial charge in [0.2, 0.25) is 11.8 Å². The normalized spacial score (nSPS) is 22.0. The number of hydrogen-bond acceptors (Lipinski definition) is 8. The highest BCUT2D eigenvalue weighted by Crippen LogP contribution is 2.53. The molecule has 9 nitrogen and oxygen atoms in total. The van der Waals surface area contributed by atoms with Gasteiger partial charge in [-0.15, -0.1) is 0 Å². The third-order valence-corrected chi connectivity index (χ3v) is 7.86. The van der Waals surface area contributed by atoms with E-state index in [1.807, 2.05) is 12.2 Å². The number of nitrogens with zero attached hydrogens (tertiary/aromatic N) is 1. The van der Waals surface area contributed by atoms with E-state index in [2.05, 4.69) is 0 Å². The number of ether oxygens (including phenoxy) is 3. The number of esters is 2. The molecule has 4 unspecified atom stereocenters. The van der Waals surface area contributed by atoms with Gasteiger partial charge in [0.25, 0.3) is 0 Å². The van der Waals surface area contributed by atoms with E-state index in [1.54, 1.807) is 36.4 Å². The molecule has 6 rings (SSSR count). The zero-order chi connectivity index (χ0) is 28.7. The number of Topliss-reactive ketones (excluding diaryl/α,β-unsaturated/α-hetero) is 1. The van der Waals surface area contributed by atoms with E-state index in [9.17, 15) is 24.0 Å². The summed E-state index contributed by atoms with van der Waals surface area (Å²) >= 11 is 0. The fourth-order valence-corrected chi connectivity index (χ4v) is 5.90. The highest BCUT2D eigenvalue weighted by atomic mass is 16.5. The highest BCUT2D eigenvalue weighted by Gasteiger charge is 2.59. The van der Waals surface area contributed by atoms with E-state index >= 15 is 0 Å². The summed E-state index contributed by atoms with van der Waals surface area (Å²) in [6, 6.07) is 18.6. The number of ketones is 1. The summed E-state index contributed by atoms with van der Waals surface area (Å²) < 4.78 is 15.8. The Morgan fingerprint density at radius 2 is 1.46 bits per heavy atom. The first-order chi connectivity index (χ1) is 19.9. The van der Waals surface area contributed by atoms with Crippen molar-refractivity contribution in [2.75, 3.05) is 18.6 Å². The number of amides is 2. The van der Waals surface area contributed by atoms with Gasteiger partial charge in [0.05, 0.1) is 35.8 Å². The largest absolute Gasteiger partial charge is 0.497 e. The van der Waals surface area contributed by atoms with Crippen LogP contribution in [0.4, 0.5) is 5.69 Å². The van der Waals surface area contributed by atoms with Crippen LogP contribution in [0.15, 0.2) is 84.9 Å². The number of anilines is 1. The van der Waals surface area contributed by atoms with E-state index < -0.39 is 36.2 Å². The molecule has 206 valence electrons. The van der Waals surface area contributed by atoms with Crippen LogP contribution in [0.3, 0.4) is 0 Å². The number of fused-ring (bicyclic) bond motifs is 5. The molecule has 0 aromatic heterocycles. The van der Waals surface area contributed by atoms with Gasteiger partial charge in [-0.2, -0.15) is 0 Å². The van der Waals surface area contributed by atoms with E-state index in [4.69, 9.17) is 14.2 Å². The monoisotopic (exact) mass is 551 g/mol. The van der Waals surface area contributed by atoms with Crippen LogP contribution in [-0.2, 0) is 14.3 Å². The van der Waals surface area contributed by atoms with Gasteiger partial charge in [-0.1, -0.05) is 30.4 Å². The van der Waals surface area contributed by atoms with Crippen molar-refractivity contribution < 1.29 is 38.2 Å². The van der Waals surface area contributed by atoms with Crippen LogP contribution in [0.5, 0.6) is 11.5 Å². The van der Waals surface area contributed by atoms with Gasteiger partial charge >= 0.3 is 11.9 Å². The van der Waals surface area contributed by atoms with Crippen molar-refractivity contribution in [3.8, 4) is 11.5 Å². The number of imide groups is 1. The van der Waals surface area contributed by atoms with E-state index in [0.29, 0.717) is 11.3 Å². The number of para-hydroxylation sites is 1. The molecule has 1 aliphatic heterocycles. The zero-order valence-corrected chi connectivity index (χ0v) is 22.0. The average molecular weight is 552 g/mol. The van der Waals surface area contributed by atoms with Crippen LogP contribution in [0, 0.1) is 23.7 Å². The predicted octanol–water partition coefficient (Wildman–Crippen LogP) is 4.27. The number of carbonyl (C=O) groups is 5. The molecule has 4 atom stereocenters. The highest BCUT2D eigenvalue weighted by molar-refractivity contribution is 6.24. The Kier molecular flexibility index (Phi) is 6.70. The van der Waals surface area contributed by atoms with Crippen molar-refractivity contribution in [2.45, 2.75) is 6.42 Å². The minimum absolute atomic E-state index is 0.0297. The van der Waals surface area contributed by atoms with Crippen molar-refractivity contribution in [1.82, 2.24) is 0 Å². The van der Waals surface area contributed by atoms with Gasteiger partial charge in [-0.25, -0.2) is 14.5 Å². The topological polar surface area (TPSA) is 116 Å². The maximum absolute atomic E-state index is 13.2. The number of allylic oxidation sites excluding steroid dienone is 2. The van der Waals surface area contributed by atoms with Crippen molar-refractivity contribution in [3.63, 3.8) is 0 Å². The third-order valence-electron chi connectivity index (χ3n) is 7.86. The Morgan fingerprint density at radius 3 is 2.15 bits per heavy atom. The van der Waals surface area contributed by atoms with Gasteiger partial charge in [0, 0.05) is 5.56 Å². The third kappa shape index (κ3) is 4.69. The molecule has 3 aromatic carbocycles. The standard InChI is InChI=1S/C32H25NO8/c1-39-23-6-4-5-21(16-23)31(37)41-22-13-11-18(12-14-22)26(34)17-40-32(38)24-7-2-3-8-25(24)33-29(35)27-19-9-10-20(15-19)28(27)30(33)36/h2-14,16,19-20,27-28H,15,17H2,1H3. The summed E-state index contributed by atoms with van der Waals surface area (Å²) in [7, 11) is 1.50. The zero-order valence-electron chi connectivity index (χ0n) is 22.0. The molecule has 41 heavy (non-hydrogen) atoms. The Morgan fingerprint density at radius 1 is 0.780 bits per heavy atom. The first-order valence-electron chi connectivity index (χ1n) is 13.2. The van der Waals surface area contributed by atoms with Gasteiger partial charge in [0.1, 0.15) is 11.5 Å². The molecular weight excluding hydrogens is 526 g/mol. The van der Waals surface area contributed by atoms with Crippen LogP contribution in [0.25, 0.3) is 0 Å². The summed E-state index contributed by atoms with van der Waals surface area (Å²) in [6.07, 6.45) is 4.81. The maximum atomic E-state index is 13.2. The van der Waals surface area contributed by atoms with Gasteiger partial charge < -0.3 is 14.2 Å². The lowest BCUT2D eigenvalue weighted by atomic mass is 9.85. The molecular formula is C32H25NO8. The summed E-state index contributed by atoms with van der Waals surface area (Å²) in [5.41, 5.74) is 0.743. The Hall–Kier alpha value is -5.05.